The SMILES string of the molecule is Cc1[nH]nc2c1c(=O)n(C)c1c(CCCN)cc(Cl)cc21. The first-order valence-electron chi connectivity index (χ1n) is 6.90. The molecule has 1 aromatic carbocycles. The summed E-state index contributed by atoms with van der Waals surface area (Å²) in [6, 6.07) is 3.77. The fourth-order valence-electron chi connectivity index (χ4n) is 2.87. The van der Waals surface area contributed by atoms with E-state index >= 15 is 0 Å². The minimum absolute atomic E-state index is 0.0416. The van der Waals surface area contributed by atoms with E-state index in [9.17, 15) is 4.79 Å². The van der Waals surface area contributed by atoms with Crippen LogP contribution in [0.2, 0.25) is 5.02 Å². The number of nitrogens with zero attached hydrogens (tertiary/aromatic N) is 2. The molecule has 110 valence electrons. The van der Waals surface area contributed by atoms with Gasteiger partial charge in [-0.1, -0.05) is 11.6 Å². The second-order valence-corrected chi connectivity index (χ2v) is 5.73. The van der Waals surface area contributed by atoms with Crippen molar-refractivity contribution in [1.29, 1.82) is 0 Å². The Labute approximate surface area is 126 Å². The molecule has 3 rings (SSSR count). The van der Waals surface area contributed by atoms with Gasteiger partial charge in [-0.15, -0.1) is 0 Å². The van der Waals surface area contributed by atoms with Crippen LogP contribution in [0.15, 0.2) is 16.9 Å². The topological polar surface area (TPSA) is 76.7 Å². The van der Waals surface area contributed by atoms with Crippen molar-refractivity contribution >= 4 is 33.4 Å². The Bertz CT molecular complexity index is 894. The average Bonchev–Trinajstić information content (AvgIpc) is 2.84. The molecule has 21 heavy (non-hydrogen) atoms. The Kier molecular flexibility index (Phi) is 3.47. The Morgan fingerprint density at radius 1 is 1.43 bits per heavy atom. The number of hydrogen-bond donors (Lipinski definition) is 2. The molecule has 5 nitrogen and oxygen atoms in total. The van der Waals surface area contributed by atoms with Gasteiger partial charge >= 0.3 is 0 Å². The molecule has 0 aliphatic rings. The standard InChI is InChI=1S/C15H17ClN4O/c1-8-12-13(19-18-8)11-7-10(16)6-9(4-3-5-17)14(11)20(2)15(12)21/h6-7H,3-5,17H2,1-2H3,(H,18,19). The van der Waals surface area contributed by atoms with Crippen molar-refractivity contribution in [1.82, 2.24) is 14.8 Å². The van der Waals surface area contributed by atoms with E-state index in [-0.39, 0.29) is 5.56 Å². The predicted molar refractivity (Wildman–Crippen MR) is 86.0 cm³/mol. The normalized spacial score (nSPS) is 11.6. The second kappa shape index (κ2) is 5.16. The van der Waals surface area contributed by atoms with E-state index in [1.54, 1.807) is 11.6 Å². The van der Waals surface area contributed by atoms with E-state index in [0.717, 1.165) is 35.0 Å². The molecule has 0 bridgehead atoms. The maximum Gasteiger partial charge on any atom is 0.262 e. The summed E-state index contributed by atoms with van der Waals surface area (Å²) in [7, 11) is 1.79. The lowest BCUT2D eigenvalue weighted by atomic mass is 10.0. The van der Waals surface area contributed by atoms with Gasteiger partial charge in [-0.05, 0) is 44.0 Å². The molecular formula is C15H17ClN4O. The molecule has 0 saturated carbocycles. The summed E-state index contributed by atoms with van der Waals surface area (Å²) in [5.41, 5.74) is 8.93. The van der Waals surface area contributed by atoms with Crippen molar-refractivity contribution in [2.45, 2.75) is 19.8 Å². The number of pyridine rings is 1. The zero-order valence-corrected chi connectivity index (χ0v) is 12.8. The quantitative estimate of drug-likeness (QED) is 0.779. The maximum absolute atomic E-state index is 12.6. The minimum Gasteiger partial charge on any atom is -0.330 e. The van der Waals surface area contributed by atoms with Gasteiger partial charge in [-0.2, -0.15) is 5.10 Å². The van der Waals surface area contributed by atoms with Crippen molar-refractivity contribution in [2.75, 3.05) is 6.54 Å². The molecule has 0 atom stereocenters. The maximum atomic E-state index is 12.6. The van der Waals surface area contributed by atoms with Crippen LogP contribution in [0.3, 0.4) is 0 Å². The molecule has 0 saturated heterocycles. The molecule has 0 spiro atoms. The molecule has 0 amide bonds. The zero-order chi connectivity index (χ0) is 15.1. The van der Waals surface area contributed by atoms with Crippen molar-refractivity contribution in [3.8, 4) is 0 Å². The van der Waals surface area contributed by atoms with Gasteiger partial charge in [-0.3, -0.25) is 9.89 Å². The zero-order valence-electron chi connectivity index (χ0n) is 12.0. The monoisotopic (exact) mass is 304 g/mol. The van der Waals surface area contributed by atoms with Crippen molar-refractivity contribution in [3.63, 3.8) is 0 Å². The molecule has 0 aliphatic heterocycles. The van der Waals surface area contributed by atoms with E-state index in [2.05, 4.69) is 10.2 Å². The van der Waals surface area contributed by atoms with E-state index in [1.165, 1.54) is 0 Å². The summed E-state index contributed by atoms with van der Waals surface area (Å²) in [5, 5.41) is 9.35. The predicted octanol–water partition coefficient (Wildman–Crippen LogP) is 2.27. The highest BCUT2D eigenvalue weighted by atomic mass is 35.5. The lowest BCUT2D eigenvalue weighted by Gasteiger charge is -2.12. The van der Waals surface area contributed by atoms with Crippen molar-refractivity contribution in [2.24, 2.45) is 12.8 Å². The Morgan fingerprint density at radius 2 is 2.19 bits per heavy atom. The number of fused-ring (bicyclic) bond motifs is 3. The van der Waals surface area contributed by atoms with Crippen LogP contribution in [0.4, 0.5) is 0 Å². The third-order valence-electron chi connectivity index (χ3n) is 3.86. The van der Waals surface area contributed by atoms with Gasteiger partial charge in [0.15, 0.2) is 0 Å². The number of aromatic amines is 1. The molecule has 0 radical (unpaired) electrons. The number of benzene rings is 1. The van der Waals surface area contributed by atoms with Gasteiger partial charge < -0.3 is 10.3 Å². The summed E-state index contributed by atoms with van der Waals surface area (Å²) >= 11 is 6.25. The Morgan fingerprint density at radius 3 is 2.90 bits per heavy atom. The van der Waals surface area contributed by atoms with E-state index in [1.807, 2.05) is 19.1 Å². The summed E-state index contributed by atoms with van der Waals surface area (Å²) in [5.74, 6) is 0. The lowest BCUT2D eigenvalue weighted by Crippen LogP contribution is -2.18. The van der Waals surface area contributed by atoms with Crippen LogP contribution < -0.4 is 11.3 Å². The number of nitrogens with one attached hydrogen (secondary N) is 1. The number of H-pyrrole nitrogens is 1. The first kappa shape index (κ1) is 14.1. The Balaban J connectivity index is 2.49. The van der Waals surface area contributed by atoms with E-state index < -0.39 is 0 Å². The van der Waals surface area contributed by atoms with Crippen LogP contribution in [0.5, 0.6) is 0 Å². The lowest BCUT2D eigenvalue weighted by molar-refractivity contribution is 0.825. The van der Waals surface area contributed by atoms with Gasteiger partial charge in [0, 0.05) is 23.2 Å². The van der Waals surface area contributed by atoms with Gasteiger partial charge in [0.25, 0.3) is 5.56 Å². The highest BCUT2D eigenvalue weighted by Crippen LogP contribution is 2.29. The number of aromatic nitrogens is 3. The van der Waals surface area contributed by atoms with Gasteiger partial charge in [0.05, 0.1) is 10.9 Å². The van der Waals surface area contributed by atoms with Crippen molar-refractivity contribution < 1.29 is 0 Å². The van der Waals surface area contributed by atoms with Crippen LogP contribution in [0, 0.1) is 6.92 Å². The summed E-state index contributed by atoms with van der Waals surface area (Å²) < 4.78 is 1.68. The number of hydrogen-bond acceptors (Lipinski definition) is 3. The molecule has 0 unspecified atom stereocenters. The van der Waals surface area contributed by atoms with Crippen LogP contribution in [-0.4, -0.2) is 21.3 Å². The number of rotatable bonds is 3. The van der Waals surface area contributed by atoms with Gasteiger partial charge in [0.1, 0.15) is 5.52 Å². The highest BCUT2D eigenvalue weighted by molar-refractivity contribution is 6.31. The van der Waals surface area contributed by atoms with Crippen LogP contribution in [-0.2, 0) is 13.5 Å². The van der Waals surface area contributed by atoms with Gasteiger partial charge in [0.2, 0.25) is 0 Å². The van der Waals surface area contributed by atoms with Gasteiger partial charge in [-0.25, -0.2) is 0 Å². The molecule has 0 fully saturated rings. The van der Waals surface area contributed by atoms with E-state index in [0.29, 0.717) is 22.5 Å². The Hall–Kier alpha value is -1.85. The molecular weight excluding hydrogens is 288 g/mol. The molecule has 0 aliphatic carbocycles. The number of halogens is 1. The third kappa shape index (κ3) is 2.13. The highest BCUT2D eigenvalue weighted by Gasteiger charge is 2.16. The van der Waals surface area contributed by atoms with Crippen LogP contribution >= 0.6 is 11.6 Å². The van der Waals surface area contributed by atoms with Crippen LogP contribution in [0.25, 0.3) is 21.8 Å². The third-order valence-corrected chi connectivity index (χ3v) is 4.08. The molecule has 2 heterocycles. The fourth-order valence-corrected chi connectivity index (χ4v) is 3.11. The number of nitrogens with two attached hydrogens (primary N) is 1. The average molecular weight is 305 g/mol. The van der Waals surface area contributed by atoms with Crippen LogP contribution in [0.1, 0.15) is 17.7 Å². The summed E-state index contributed by atoms with van der Waals surface area (Å²) in [6.07, 6.45) is 1.64. The first-order valence-corrected chi connectivity index (χ1v) is 7.28. The fraction of sp³-hybridized carbons (Fsp3) is 0.333. The number of aryl methyl sites for hydroxylation is 3. The van der Waals surface area contributed by atoms with E-state index in [4.69, 9.17) is 17.3 Å². The molecule has 3 aromatic rings. The van der Waals surface area contributed by atoms with Crippen molar-refractivity contribution in [3.05, 3.63) is 38.8 Å². The largest absolute Gasteiger partial charge is 0.330 e. The summed E-state index contributed by atoms with van der Waals surface area (Å²) in [4.78, 5) is 12.6. The first-order chi connectivity index (χ1) is 10.0. The second-order valence-electron chi connectivity index (χ2n) is 5.29. The molecule has 3 N–H and O–H groups in total. The molecule has 6 heteroatoms. The summed E-state index contributed by atoms with van der Waals surface area (Å²) in [6.45, 7) is 2.45. The smallest absolute Gasteiger partial charge is 0.262 e. The minimum atomic E-state index is -0.0416. The molecule has 2 aromatic heterocycles.